The number of thiocarbonyl (C=S) groups is 1. The first-order valence-electron chi connectivity index (χ1n) is 10.8. The molecule has 2 N–H and O–H groups in total. The summed E-state index contributed by atoms with van der Waals surface area (Å²) in [6, 6.07) is 6.16. The first-order valence-corrected chi connectivity index (χ1v) is 11.2. The van der Waals surface area contributed by atoms with Gasteiger partial charge in [-0.2, -0.15) is 0 Å². The summed E-state index contributed by atoms with van der Waals surface area (Å²) in [5, 5.41) is 5.05. The van der Waals surface area contributed by atoms with Crippen molar-refractivity contribution >= 4 is 28.2 Å². The van der Waals surface area contributed by atoms with Crippen molar-refractivity contribution in [2.24, 2.45) is 0 Å². The van der Waals surface area contributed by atoms with E-state index in [1.807, 2.05) is 13.0 Å². The van der Waals surface area contributed by atoms with Crippen LogP contribution >= 0.6 is 12.2 Å². The van der Waals surface area contributed by atoms with Crippen LogP contribution in [0.25, 0.3) is 10.9 Å². The lowest BCUT2D eigenvalue weighted by atomic mass is 10.0. The highest BCUT2D eigenvalue weighted by Gasteiger charge is 2.15. The van der Waals surface area contributed by atoms with Crippen LogP contribution in [0.1, 0.15) is 37.0 Å². The second kappa shape index (κ2) is 12.0. The average molecular weight is 433 g/mol. The Morgan fingerprint density at radius 2 is 1.93 bits per heavy atom. The first kappa shape index (κ1) is 24.3. The number of likely N-dealkylation sites (N-methyl/N-ethyl adjacent to an activating group) is 1. The SMILES string of the molecule is CCN(CC)CCN(Cc1cc2ccc(C)c(C)c2[nH]c1=O)C(=S)NCCCOC. The quantitative estimate of drug-likeness (QED) is 0.420. The molecule has 0 atom stereocenters. The molecule has 166 valence electrons. The molecule has 0 fully saturated rings. The van der Waals surface area contributed by atoms with Crippen LogP contribution in [0.15, 0.2) is 23.0 Å². The molecule has 6 nitrogen and oxygen atoms in total. The zero-order valence-corrected chi connectivity index (χ0v) is 19.8. The maximum Gasteiger partial charge on any atom is 0.253 e. The fourth-order valence-electron chi connectivity index (χ4n) is 3.47. The number of benzene rings is 1. The summed E-state index contributed by atoms with van der Waals surface area (Å²) in [6.45, 7) is 14.0. The van der Waals surface area contributed by atoms with Gasteiger partial charge in [0.2, 0.25) is 0 Å². The molecular weight excluding hydrogens is 396 g/mol. The lowest BCUT2D eigenvalue weighted by Gasteiger charge is -2.29. The van der Waals surface area contributed by atoms with E-state index < -0.39 is 0 Å². The minimum atomic E-state index is -0.0498. The molecule has 0 radical (unpaired) electrons. The van der Waals surface area contributed by atoms with E-state index in [0.717, 1.165) is 61.2 Å². The topological polar surface area (TPSA) is 60.6 Å². The van der Waals surface area contributed by atoms with Gasteiger partial charge >= 0.3 is 0 Å². The number of H-pyrrole nitrogens is 1. The van der Waals surface area contributed by atoms with Crippen molar-refractivity contribution in [1.82, 2.24) is 20.1 Å². The molecule has 0 bridgehead atoms. The Labute approximate surface area is 185 Å². The van der Waals surface area contributed by atoms with Crippen LogP contribution in [0, 0.1) is 13.8 Å². The molecule has 0 amide bonds. The van der Waals surface area contributed by atoms with Gasteiger partial charge in [-0.3, -0.25) is 4.79 Å². The Kier molecular flexibility index (Phi) is 9.75. The highest BCUT2D eigenvalue weighted by molar-refractivity contribution is 7.80. The number of aromatic amines is 1. The van der Waals surface area contributed by atoms with Crippen molar-refractivity contribution in [2.75, 3.05) is 46.4 Å². The molecule has 0 aliphatic heterocycles. The summed E-state index contributed by atoms with van der Waals surface area (Å²) in [4.78, 5) is 20.4. The summed E-state index contributed by atoms with van der Waals surface area (Å²) < 4.78 is 5.11. The number of methoxy groups -OCH3 is 1. The summed E-state index contributed by atoms with van der Waals surface area (Å²) >= 11 is 5.67. The minimum Gasteiger partial charge on any atom is -0.385 e. The van der Waals surface area contributed by atoms with Crippen molar-refractivity contribution < 1.29 is 4.74 Å². The van der Waals surface area contributed by atoms with Gasteiger partial charge in [-0.05, 0) is 68.2 Å². The van der Waals surface area contributed by atoms with Gasteiger partial charge in [-0.15, -0.1) is 0 Å². The number of aryl methyl sites for hydroxylation is 2. The Morgan fingerprint density at radius 3 is 2.60 bits per heavy atom. The Morgan fingerprint density at radius 1 is 1.20 bits per heavy atom. The van der Waals surface area contributed by atoms with Crippen LogP contribution in [0.3, 0.4) is 0 Å². The molecule has 0 saturated carbocycles. The maximum absolute atomic E-state index is 12.8. The van der Waals surface area contributed by atoms with Crippen molar-refractivity contribution in [3.05, 3.63) is 45.2 Å². The largest absolute Gasteiger partial charge is 0.385 e. The van der Waals surface area contributed by atoms with Gasteiger partial charge in [0.15, 0.2) is 5.11 Å². The van der Waals surface area contributed by atoms with Crippen molar-refractivity contribution in [1.29, 1.82) is 0 Å². The van der Waals surface area contributed by atoms with E-state index in [0.29, 0.717) is 18.3 Å². The molecular formula is C23H36N4O2S. The van der Waals surface area contributed by atoms with E-state index >= 15 is 0 Å². The highest BCUT2D eigenvalue weighted by atomic mass is 32.1. The molecule has 30 heavy (non-hydrogen) atoms. The number of fused-ring (bicyclic) bond motifs is 1. The number of nitrogens with zero attached hydrogens (tertiary/aromatic N) is 2. The van der Waals surface area contributed by atoms with Gasteiger partial charge in [0.1, 0.15) is 0 Å². The number of hydrogen-bond acceptors (Lipinski definition) is 4. The highest BCUT2D eigenvalue weighted by Crippen LogP contribution is 2.19. The molecule has 1 aromatic heterocycles. The number of ether oxygens (including phenoxy) is 1. The fraction of sp³-hybridized carbons (Fsp3) is 0.565. The van der Waals surface area contributed by atoms with E-state index in [1.165, 1.54) is 5.56 Å². The summed E-state index contributed by atoms with van der Waals surface area (Å²) in [5.41, 5.74) is 3.88. The molecule has 0 unspecified atom stereocenters. The molecule has 2 aromatic rings. The predicted octanol–water partition coefficient (Wildman–Crippen LogP) is 3.20. The molecule has 1 aromatic carbocycles. The van der Waals surface area contributed by atoms with Gasteiger partial charge in [0, 0.05) is 38.9 Å². The van der Waals surface area contributed by atoms with Gasteiger partial charge in [0.25, 0.3) is 5.56 Å². The monoisotopic (exact) mass is 432 g/mol. The third-order valence-electron chi connectivity index (χ3n) is 5.66. The van der Waals surface area contributed by atoms with Gasteiger partial charge in [-0.25, -0.2) is 0 Å². The number of pyridine rings is 1. The summed E-state index contributed by atoms with van der Waals surface area (Å²) in [5.74, 6) is 0. The van der Waals surface area contributed by atoms with Crippen LogP contribution < -0.4 is 10.9 Å². The average Bonchev–Trinajstić information content (AvgIpc) is 2.74. The van der Waals surface area contributed by atoms with Crippen molar-refractivity contribution in [2.45, 2.75) is 40.7 Å². The number of rotatable bonds is 11. The summed E-state index contributed by atoms with van der Waals surface area (Å²) in [6.07, 6.45) is 0.885. The third-order valence-corrected chi connectivity index (χ3v) is 6.06. The number of hydrogen-bond donors (Lipinski definition) is 2. The zero-order valence-electron chi connectivity index (χ0n) is 19.0. The lowest BCUT2D eigenvalue weighted by Crippen LogP contribution is -2.44. The van der Waals surface area contributed by atoms with E-state index in [-0.39, 0.29) is 5.56 Å². The normalized spacial score (nSPS) is 11.3. The lowest BCUT2D eigenvalue weighted by molar-refractivity contribution is 0.195. The van der Waals surface area contributed by atoms with Gasteiger partial charge < -0.3 is 24.8 Å². The van der Waals surface area contributed by atoms with E-state index in [4.69, 9.17) is 17.0 Å². The van der Waals surface area contributed by atoms with E-state index in [9.17, 15) is 4.79 Å². The standard InChI is InChI=1S/C23H36N4O2S/c1-6-26(7-2)12-13-27(23(30)24-11-8-14-29-5)16-20-15-19-10-9-17(3)18(4)21(19)25-22(20)28/h9-10,15H,6-8,11-14,16H2,1-5H3,(H,24,30)(H,25,28). The van der Waals surface area contributed by atoms with Crippen LogP contribution in [-0.2, 0) is 11.3 Å². The van der Waals surface area contributed by atoms with Crippen molar-refractivity contribution in [3.8, 4) is 0 Å². The molecule has 0 aliphatic carbocycles. The Balaban J connectivity index is 2.22. The van der Waals surface area contributed by atoms with Crippen LogP contribution in [-0.4, -0.2) is 66.3 Å². The molecule has 1 heterocycles. The predicted molar refractivity (Wildman–Crippen MR) is 129 cm³/mol. The second-order valence-electron chi connectivity index (χ2n) is 7.62. The van der Waals surface area contributed by atoms with Crippen LogP contribution in [0.4, 0.5) is 0 Å². The Hall–Kier alpha value is -1.96. The molecule has 2 rings (SSSR count). The zero-order chi connectivity index (χ0) is 22.1. The smallest absolute Gasteiger partial charge is 0.253 e. The van der Waals surface area contributed by atoms with E-state index in [1.54, 1.807) is 7.11 Å². The van der Waals surface area contributed by atoms with Crippen LogP contribution in [0.5, 0.6) is 0 Å². The molecule has 0 spiro atoms. The summed E-state index contributed by atoms with van der Waals surface area (Å²) in [7, 11) is 1.70. The fourth-order valence-corrected chi connectivity index (χ4v) is 3.73. The maximum atomic E-state index is 12.8. The van der Waals surface area contributed by atoms with Gasteiger partial charge in [0.05, 0.1) is 12.1 Å². The van der Waals surface area contributed by atoms with Crippen molar-refractivity contribution in [3.63, 3.8) is 0 Å². The Bertz CT molecular complexity index is 893. The van der Waals surface area contributed by atoms with Crippen LogP contribution in [0.2, 0.25) is 0 Å². The second-order valence-corrected chi connectivity index (χ2v) is 8.01. The minimum absolute atomic E-state index is 0.0498. The van der Waals surface area contributed by atoms with Gasteiger partial charge in [-0.1, -0.05) is 26.0 Å². The van der Waals surface area contributed by atoms with E-state index in [2.05, 4.69) is 53.0 Å². The third kappa shape index (κ3) is 6.52. The number of aromatic nitrogens is 1. The molecule has 0 aliphatic rings. The molecule has 0 saturated heterocycles. The first-order chi connectivity index (χ1) is 14.4. The molecule has 7 heteroatoms. The number of nitrogens with one attached hydrogen (secondary N) is 2.